The number of amides is 1. The first-order valence-electron chi connectivity index (χ1n) is 9.71. The van der Waals surface area contributed by atoms with Crippen molar-refractivity contribution in [1.29, 1.82) is 5.26 Å². The number of piperazine rings is 1. The molecule has 150 valence electrons. The summed E-state index contributed by atoms with van der Waals surface area (Å²) in [6.07, 6.45) is 1.77. The lowest BCUT2D eigenvalue weighted by atomic mass is 10.2. The summed E-state index contributed by atoms with van der Waals surface area (Å²) in [6.45, 7) is 4.44. The number of carbonyl (C=O) groups is 1. The number of pyridine rings is 1. The number of nitrogens with zero attached hydrogens (tertiary/aromatic N) is 6. The molecule has 0 aliphatic carbocycles. The predicted molar refractivity (Wildman–Crippen MR) is 114 cm³/mol. The maximum absolute atomic E-state index is 13.0. The number of anilines is 3. The van der Waals surface area contributed by atoms with E-state index in [1.807, 2.05) is 31.2 Å². The average molecular weight is 399 g/mol. The van der Waals surface area contributed by atoms with Crippen molar-refractivity contribution < 1.29 is 4.79 Å². The fourth-order valence-electron chi connectivity index (χ4n) is 3.39. The van der Waals surface area contributed by atoms with E-state index in [1.54, 1.807) is 35.4 Å². The number of hydrogen-bond donors (Lipinski definition) is 1. The van der Waals surface area contributed by atoms with E-state index in [-0.39, 0.29) is 5.91 Å². The lowest BCUT2D eigenvalue weighted by Gasteiger charge is -2.35. The van der Waals surface area contributed by atoms with Gasteiger partial charge >= 0.3 is 0 Å². The highest BCUT2D eigenvalue weighted by Gasteiger charge is 2.24. The molecular weight excluding hydrogens is 378 g/mol. The molecule has 2 aromatic heterocycles. The van der Waals surface area contributed by atoms with Gasteiger partial charge in [-0.3, -0.25) is 4.79 Å². The maximum atomic E-state index is 13.0. The van der Waals surface area contributed by atoms with E-state index in [2.05, 4.69) is 31.2 Å². The molecule has 0 atom stereocenters. The van der Waals surface area contributed by atoms with Crippen molar-refractivity contribution >= 4 is 23.4 Å². The summed E-state index contributed by atoms with van der Waals surface area (Å²) in [5, 5.41) is 12.3. The van der Waals surface area contributed by atoms with Crippen LogP contribution in [0.25, 0.3) is 0 Å². The number of para-hydroxylation sites is 1. The van der Waals surface area contributed by atoms with Crippen LogP contribution in [-0.4, -0.2) is 51.9 Å². The molecule has 1 aliphatic rings. The standard InChI is InChI=1S/C22H21N7O/c1-16-14-19(27-22(25-16)26-18-7-3-2-6-17(18)15-23)21(30)29-12-10-28(11-13-29)20-8-4-5-9-24-20/h2-9,14H,10-13H2,1H3,(H,25,26,27). The van der Waals surface area contributed by atoms with Gasteiger partial charge in [-0.15, -0.1) is 0 Å². The fraction of sp³-hybridized carbons (Fsp3) is 0.227. The van der Waals surface area contributed by atoms with Crippen molar-refractivity contribution in [3.63, 3.8) is 0 Å². The van der Waals surface area contributed by atoms with E-state index in [0.29, 0.717) is 54.8 Å². The summed E-state index contributed by atoms with van der Waals surface area (Å²) >= 11 is 0. The highest BCUT2D eigenvalue weighted by Crippen LogP contribution is 2.19. The van der Waals surface area contributed by atoms with Gasteiger partial charge in [0.15, 0.2) is 0 Å². The normalized spacial score (nSPS) is 13.6. The summed E-state index contributed by atoms with van der Waals surface area (Å²) in [7, 11) is 0. The number of carbonyl (C=O) groups excluding carboxylic acids is 1. The zero-order valence-corrected chi connectivity index (χ0v) is 16.6. The van der Waals surface area contributed by atoms with E-state index >= 15 is 0 Å². The Balaban J connectivity index is 1.48. The molecule has 1 fully saturated rings. The van der Waals surface area contributed by atoms with Gasteiger partial charge in [0.25, 0.3) is 5.91 Å². The molecule has 8 nitrogen and oxygen atoms in total. The molecule has 0 saturated carbocycles. The van der Waals surface area contributed by atoms with Crippen molar-refractivity contribution in [2.45, 2.75) is 6.92 Å². The number of nitrogens with one attached hydrogen (secondary N) is 1. The summed E-state index contributed by atoms with van der Waals surface area (Å²) < 4.78 is 0. The van der Waals surface area contributed by atoms with Gasteiger partial charge in [-0.25, -0.2) is 15.0 Å². The third-order valence-corrected chi connectivity index (χ3v) is 4.91. The lowest BCUT2D eigenvalue weighted by Crippen LogP contribution is -2.49. The van der Waals surface area contributed by atoms with Crippen LogP contribution in [0.5, 0.6) is 0 Å². The molecule has 1 aliphatic heterocycles. The topological polar surface area (TPSA) is 98.0 Å². The summed E-state index contributed by atoms with van der Waals surface area (Å²) in [5.41, 5.74) is 2.11. The smallest absolute Gasteiger partial charge is 0.272 e. The van der Waals surface area contributed by atoms with Crippen molar-refractivity contribution in [1.82, 2.24) is 19.9 Å². The predicted octanol–water partition coefficient (Wildman–Crippen LogP) is 2.76. The molecule has 1 amide bonds. The first kappa shape index (κ1) is 19.3. The molecular formula is C22H21N7O. The van der Waals surface area contributed by atoms with Crippen LogP contribution < -0.4 is 10.2 Å². The molecule has 1 N–H and O–H groups in total. The molecule has 3 aromatic rings. The Bertz CT molecular complexity index is 1090. The van der Waals surface area contributed by atoms with E-state index in [0.717, 1.165) is 5.82 Å². The second-order valence-electron chi connectivity index (χ2n) is 6.97. The summed E-state index contributed by atoms with van der Waals surface area (Å²) in [5.74, 6) is 1.09. The van der Waals surface area contributed by atoms with Crippen LogP contribution >= 0.6 is 0 Å². The molecule has 30 heavy (non-hydrogen) atoms. The molecule has 0 bridgehead atoms. The Morgan fingerprint density at radius 1 is 1.07 bits per heavy atom. The average Bonchev–Trinajstić information content (AvgIpc) is 2.79. The van der Waals surface area contributed by atoms with Gasteiger partial charge < -0.3 is 15.1 Å². The van der Waals surface area contributed by atoms with Crippen LogP contribution in [0.1, 0.15) is 21.7 Å². The zero-order valence-electron chi connectivity index (χ0n) is 16.6. The second-order valence-corrected chi connectivity index (χ2v) is 6.97. The number of rotatable bonds is 4. The molecule has 8 heteroatoms. The van der Waals surface area contributed by atoms with Crippen LogP contribution in [0.4, 0.5) is 17.5 Å². The van der Waals surface area contributed by atoms with Crippen molar-refractivity contribution in [2.24, 2.45) is 0 Å². The van der Waals surface area contributed by atoms with E-state index in [9.17, 15) is 10.1 Å². The third kappa shape index (κ3) is 4.20. The molecule has 0 spiro atoms. The summed E-state index contributed by atoms with van der Waals surface area (Å²) in [4.78, 5) is 30.2. The SMILES string of the molecule is Cc1cc(C(=O)N2CCN(c3ccccn3)CC2)nc(Nc2ccccc2C#N)n1. The van der Waals surface area contributed by atoms with Gasteiger partial charge in [0.05, 0.1) is 11.3 Å². The minimum Gasteiger partial charge on any atom is -0.353 e. The van der Waals surface area contributed by atoms with E-state index in [1.165, 1.54) is 0 Å². The number of hydrogen-bond acceptors (Lipinski definition) is 7. The Hall–Kier alpha value is -3.99. The molecule has 1 saturated heterocycles. The highest BCUT2D eigenvalue weighted by atomic mass is 16.2. The highest BCUT2D eigenvalue weighted by molar-refractivity contribution is 5.93. The summed E-state index contributed by atoms with van der Waals surface area (Å²) in [6, 6.07) is 16.8. The van der Waals surface area contributed by atoms with Crippen molar-refractivity contribution in [2.75, 3.05) is 36.4 Å². The Labute approximate surface area is 174 Å². The quantitative estimate of drug-likeness (QED) is 0.720. The minimum absolute atomic E-state index is 0.127. The van der Waals surface area contributed by atoms with Gasteiger partial charge in [-0.05, 0) is 37.3 Å². The molecule has 1 aromatic carbocycles. The minimum atomic E-state index is -0.127. The van der Waals surface area contributed by atoms with Crippen molar-refractivity contribution in [3.8, 4) is 6.07 Å². The molecule has 0 radical (unpaired) electrons. The van der Waals surface area contributed by atoms with E-state index < -0.39 is 0 Å². The van der Waals surface area contributed by atoms with Crippen LogP contribution in [0.2, 0.25) is 0 Å². The van der Waals surface area contributed by atoms with Crippen LogP contribution in [0.3, 0.4) is 0 Å². The lowest BCUT2D eigenvalue weighted by molar-refractivity contribution is 0.0740. The van der Waals surface area contributed by atoms with Gasteiger partial charge in [-0.1, -0.05) is 18.2 Å². The molecule has 3 heterocycles. The monoisotopic (exact) mass is 399 g/mol. The third-order valence-electron chi connectivity index (χ3n) is 4.91. The molecule has 0 unspecified atom stereocenters. The van der Waals surface area contributed by atoms with Gasteiger partial charge in [0, 0.05) is 38.1 Å². The Morgan fingerprint density at radius 3 is 2.57 bits per heavy atom. The maximum Gasteiger partial charge on any atom is 0.272 e. The number of nitriles is 1. The first-order chi connectivity index (χ1) is 14.6. The molecule has 4 rings (SSSR count). The van der Waals surface area contributed by atoms with Crippen molar-refractivity contribution in [3.05, 3.63) is 71.7 Å². The first-order valence-corrected chi connectivity index (χ1v) is 9.71. The van der Waals surface area contributed by atoms with Gasteiger partial charge in [0.2, 0.25) is 5.95 Å². The number of benzene rings is 1. The number of aryl methyl sites for hydroxylation is 1. The van der Waals surface area contributed by atoms with Crippen LogP contribution in [0, 0.1) is 18.3 Å². The largest absolute Gasteiger partial charge is 0.353 e. The van der Waals surface area contributed by atoms with E-state index in [4.69, 9.17) is 0 Å². The zero-order chi connectivity index (χ0) is 20.9. The van der Waals surface area contributed by atoms with Crippen LogP contribution in [0.15, 0.2) is 54.7 Å². The number of aromatic nitrogens is 3. The van der Waals surface area contributed by atoms with Gasteiger partial charge in [-0.2, -0.15) is 5.26 Å². The van der Waals surface area contributed by atoms with Gasteiger partial charge in [0.1, 0.15) is 17.6 Å². The Morgan fingerprint density at radius 2 is 1.83 bits per heavy atom. The second kappa shape index (κ2) is 8.57. The fourth-order valence-corrected chi connectivity index (χ4v) is 3.39. The Kier molecular flexibility index (Phi) is 5.52. The van der Waals surface area contributed by atoms with Crippen LogP contribution in [-0.2, 0) is 0 Å².